The van der Waals surface area contributed by atoms with E-state index in [-0.39, 0.29) is 23.8 Å². The van der Waals surface area contributed by atoms with Crippen molar-refractivity contribution in [2.24, 2.45) is 0 Å². The smallest absolute Gasteiger partial charge is 0.410 e. The van der Waals surface area contributed by atoms with Gasteiger partial charge in [-0.3, -0.25) is 9.69 Å². The first-order valence-electron chi connectivity index (χ1n) is 5.29. The number of carbonyl (C=O) groups excluding carboxylic acids is 2. The summed E-state index contributed by atoms with van der Waals surface area (Å²) in [5.74, 6) is 0.0154. The molecular weight excluding hydrogens is 286 g/mol. The highest BCUT2D eigenvalue weighted by Crippen LogP contribution is 2.14. The van der Waals surface area contributed by atoms with Crippen molar-refractivity contribution in [3.63, 3.8) is 0 Å². The molecule has 17 heavy (non-hydrogen) atoms. The van der Waals surface area contributed by atoms with Crippen LogP contribution < -0.4 is 0 Å². The Morgan fingerprint density at radius 3 is 2.71 bits per heavy atom. The van der Waals surface area contributed by atoms with Crippen LogP contribution in [-0.2, 0) is 16.1 Å². The van der Waals surface area contributed by atoms with Crippen LogP contribution in [-0.4, -0.2) is 34.7 Å². The highest BCUT2D eigenvalue weighted by Gasteiger charge is 2.32. The molecule has 1 atom stereocenters. The van der Waals surface area contributed by atoms with Crippen LogP contribution in [0.15, 0.2) is 30.3 Å². The molecule has 1 aromatic rings. The SMILES string of the molecule is O=C1CN(C(=O)OCc2ccccc2)CC1Br. The fourth-order valence-corrected chi connectivity index (χ4v) is 2.09. The van der Waals surface area contributed by atoms with Crippen LogP contribution >= 0.6 is 15.9 Å². The van der Waals surface area contributed by atoms with E-state index in [9.17, 15) is 9.59 Å². The molecule has 5 heteroatoms. The van der Waals surface area contributed by atoms with E-state index in [4.69, 9.17) is 4.74 Å². The number of Topliss-reactive ketones (excluding diaryl/α,β-unsaturated/α-hetero) is 1. The van der Waals surface area contributed by atoms with E-state index in [1.54, 1.807) is 0 Å². The summed E-state index contributed by atoms with van der Waals surface area (Å²) < 4.78 is 5.12. The van der Waals surface area contributed by atoms with Crippen molar-refractivity contribution < 1.29 is 14.3 Å². The number of hydrogen-bond acceptors (Lipinski definition) is 3. The van der Waals surface area contributed by atoms with Gasteiger partial charge in [0.1, 0.15) is 6.61 Å². The van der Waals surface area contributed by atoms with Gasteiger partial charge in [-0.15, -0.1) is 0 Å². The topological polar surface area (TPSA) is 46.6 Å². The van der Waals surface area contributed by atoms with Crippen LogP contribution in [0.4, 0.5) is 4.79 Å². The number of amides is 1. The van der Waals surface area contributed by atoms with E-state index in [0.29, 0.717) is 6.54 Å². The molecule has 0 aromatic heterocycles. The normalized spacial score (nSPS) is 19.5. The van der Waals surface area contributed by atoms with E-state index in [2.05, 4.69) is 15.9 Å². The van der Waals surface area contributed by atoms with E-state index in [1.807, 2.05) is 30.3 Å². The van der Waals surface area contributed by atoms with E-state index in [0.717, 1.165) is 5.56 Å². The fourth-order valence-electron chi connectivity index (χ4n) is 1.60. The third-order valence-corrected chi connectivity index (χ3v) is 3.34. The molecule has 0 aliphatic carbocycles. The number of halogens is 1. The number of carbonyl (C=O) groups is 2. The predicted molar refractivity (Wildman–Crippen MR) is 65.9 cm³/mol. The first-order valence-corrected chi connectivity index (χ1v) is 6.21. The molecule has 1 aromatic carbocycles. The lowest BCUT2D eigenvalue weighted by molar-refractivity contribution is -0.116. The van der Waals surface area contributed by atoms with Gasteiger partial charge in [0, 0.05) is 6.54 Å². The Balaban J connectivity index is 1.84. The van der Waals surface area contributed by atoms with Crippen LogP contribution in [0.1, 0.15) is 5.56 Å². The lowest BCUT2D eigenvalue weighted by Gasteiger charge is -2.14. The quantitative estimate of drug-likeness (QED) is 0.784. The van der Waals surface area contributed by atoms with Crippen molar-refractivity contribution in [2.75, 3.05) is 13.1 Å². The van der Waals surface area contributed by atoms with Gasteiger partial charge in [-0.1, -0.05) is 46.3 Å². The Labute approximate surface area is 108 Å². The molecule has 1 heterocycles. The lowest BCUT2D eigenvalue weighted by atomic mass is 10.2. The van der Waals surface area contributed by atoms with Gasteiger partial charge in [-0.25, -0.2) is 4.79 Å². The maximum atomic E-state index is 11.6. The van der Waals surface area contributed by atoms with Crippen LogP contribution in [0.3, 0.4) is 0 Å². The van der Waals surface area contributed by atoms with Crippen LogP contribution in [0.5, 0.6) is 0 Å². The van der Waals surface area contributed by atoms with E-state index < -0.39 is 6.09 Å². The van der Waals surface area contributed by atoms with Gasteiger partial charge in [0.15, 0.2) is 5.78 Å². The van der Waals surface area contributed by atoms with Crippen molar-refractivity contribution in [2.45, 2.75) is 11.4 Å². The fraction of sp³-hybridized carbons (Fsp3) is 0.333. The number of likely N-dealkylation sites (tertiary alicyclic amines) is 1. The van der Waals surface area contributed by atoms with Gasteiger partial charge in [0.25, 0.3) is 0 Å². The van der Waals surface area contributed by atoms with Gasteiger partial charge in [-0.2, -0.15) is 0 Å². The molecule has 0 saturated carbocycles. The minimum Gasteiger partial charge on any atom is -0.445 e. The molecule has 0 radical (unpaired) electrons. The molecule has 1 unspecified atom stereocenters. The molecule has 90 valence electrons. The molecule has 0 spiro atoms. The number of alkyl halides is 1. The molecule has 1 fully saturated rings. The first kappa shape index (κ1) is 12.1. The van der Waals surface area contributed by atoms with Crippen molar-refractivity contribution in [1.82, 2.24) is 4.90 Å². The maximum Gasteiger partial charge on any atom is 0.410 e. The number of hydrogen-bond donors (Lipinski definition) is 0. The Kier molecular flexibility index (Phi) is 3.78. The molecule has 1 amide bonds. The molecule has 1 saturated heterocycles. The van der Waals surface area contributed by atoms with Gasteiger partial charge >= 0.3 is 6.09 Å². The second kappa shape index (κ2) is 5.31. The van der Waals surface area contributed by atoms with Gasteiger partial charge in [0.05, 0.1) is 11.4 Å². The van der Waals surface area contributed by atoms with Crippen molar-refractivity contribution in [3.05, 3.63) is 35.9 Å². The molecule has 0 bridgehead atoms. The van der Waals surface area contributed by atoms with Crippen molar-refractivity contribution >= 4 is 27.8 Å². The summed E-state index contributed by atoms with van der Waals surface area (Å²) in [4.78, 5) is 24.1. The van der Waals surface area contributed by atoms with Crippen molar-refractivity contribution in [1.29, 1.82) is 0 Å². The number of nitrogens with zero attached hydrogens (tertiary/aromatic N) is 1. The third-order valence-electron chi connectivity index (χ3n) is 2.54. The highest BCUT2D eigenvalue weighted by atomic mass is 79.9. The minimum absolute atomic E-state index is 0.0154. The zero-order chi connectivity index (χ0) is 12.3. The summed E-state index contributed by atoms with van der Waals surface area (Å²) in [7, 11) is 0. The van der Waals surface area contributed by atoms with Gasteiger partial charge < -0.3 is 4.74 Å². The largest absolute Gasteiger partial charge is 0.445 e. The number of rotatable bonds is 2. The number of benzene rings is 1. The zero-order valence-electron chi connectivity index (χ0n) is 9.14. The molecule has 1 aliphatic heterocycles. The Bertz CT molecular complexity index is 421. The van der Waals surface area contributed by atoms with E-state index in [1.165, 1.54) is 4.90 Å². The summed E-state index contributed by atoms with van der Waals surface area (Å²) in [6.45, 7) is 0.743. The number of ketones is 1. The molecule has 2 rings (SSSR count). The summed E-state index contributed by atoms with van der Waals surface area (Å²) in [6, 6.07) is 9.44. The minimum atomic E-state index is -0.441. The Morgan fingerprint density at radius 1 is 1.41 bits per heavy atom. The second-order valence-corrected chi connectivity index (χ2v) is 4.96. The Morgan fingerprint density at radius 2 is 2.12 bits per heavy atom. The second-order valence-electron chi connectivity index (χ2n) is 3.85. The predicted octanol–water partition coefficient (Wildman–Crippen LogP) is 1.97. The van der Waals surface area contributed by atoms with Crippen LogP contribution in [0.25, 0.3) is 0 Å². The average molecular weight is 298 g/mol. The summed E-state index contributed by atoms with van der Waals surface area (Å²) in [5.41, 5.74) is 0.932. The molecule has 4 nitrogen and oxygen atoms in total. The lowest BCUT2D eigenvalue weighted by Crippen LogP contribution is -2.29. The van der Waals surface area contributed by atoms with Crippen LogP contribution in [0, 0.1) is 0 Å². The standard InChI is InChI=1S/C12H12BrNO3/c13-10-6-14(7-11(10)15)12(16)17-8-9-4-2-1-3-5-9/h1-5,10H,6-8H2. The summed E-state index contributed by atoms with van der Waals surface area (Å²) >= 11 is 3.21. The van der Waals surface area contributed by atoms with E-state index >= 15 is 0 Å². The van der Waals surface area contributed by atoms with Gasteiger partial charge in [0.2, 0.25) is 0 Å². The Hall–Kier alpha value is -1.36. The first-order chi connectivity index (χ1) is 8.16. The van der Waals surface area contributed by atoms with Crippen molar-refractivity contribution in [3.8, 4) is 0 Å². The average Bonchev–Trinajstić information content (AvgIpc) is 2.68. The molecule has 0 N–H and O–H groups in total. The number of ether oxygens (including phenoxy) is 1. The molecule has 1 aliphatic rings. The summed E-state index contributed by atoms with van der Waals surface area (Å²) in [6.07, 6.45) is -0.441. The molecular formula is C12H12BrNO3. The monoisotopic (exact) mass is 297 g/mol. The highest BCUT2D eigenvalue weighted by molar-refractivity contribution is 9.10. The van der Waals surface area contributed by atoms with Crippen LogP contribution in [0.2, 0.25) is 0 Å². The third kappa shape index (κ3) is 3.06. The maximum absolute atomic E-state index is 11.6. The zero-order valence-corrected chi connectivity index (χ0v) is 10.7. The van der Waals surface area contributed by atoms with Gasteiger partial charge in [-0.05, 0) is 5.56 Å². The summed E-state index contributed by atoms with van der Waals surface area (Å²) in [5, 5.41) is 0.